The number of amides is 1. The van der Waals surface area contributed by atoms with Gasteiger partial charge in [0, 0.05) is 16.4 Å². The van der Waals surface area contributed by atoms with E-state index in [0.717, 1.165) is 21.7 Å². The predicted molar refractivity (Wildman–Crippen MR) is 140 cm³/mol. The zero-order valence-corrected chi connectivity index (χ0v) is 22.2. The molecule has 0 fully saturated rings. The molecule has 0 atom stereocenters. The summed E-state index contributed by atoms with van der Waals surface area (Å²) in [5.74, 6) is -0.648. The van der Waals surface area contributed by atoms with Crippen LogP contribution in [0.15, 0.2) is 65.6 Å². The zero-order chi connectivity index (χ0) is 26.0. The van der Waals surface area contributed by atoms with Crippen molar-refractivity contribution in [3.63, 3.8) is 0 Å². The van der Waals surface area contributed by atoms with E-state index in [1.807, 2.05) is 19.9 Å². The van der Waals surface area contributed by atoms with Crippen LogP contribution in [0, 0.1) is 13.8 Å². The minimum Gasteiger partial charge on any atom is -0.325 e. The summed E-state index contributed by atoms with van der Waals surface area (Å²) in [5, 5.41) is 2.95. The van der Waals surface area contributed by atoms with Crippen molar-refractivity contribution >= 4 is 66.2 Å². The highest BCUT2D eigenvalue weighted by atomic mass is 35.5. The molecule has 0 aliphatic rings. The van der Waals surface area contributed by atoms with Crippen LogP contribution in [-0.2, 0) is 24.8 Å². The second kappa shape index (κ2) is 10.4. The summed E-state index contributed by atoms with van der Waals surface area (Å²) >= 11 is 12.0. The fourth-order valence-electron chi connectivity index (χ4n) is 3.13. The average Bonchev–Trinajstić information content (AvgIpc) is 2.74. The Kier molecular flexibility index (Phi) is 8.00. The summed E-state index contributed by atoms with van der Waals surface area (Å²) in [6.45, 7) is 3.27. The SMILES string of the molecule is Cc1ccc(NS(=O)(=O)c2ccc(NC(=O)CN(c3ccc(Cl)cc3Cl)S(C)(=O)=O)cc2)cc1C. The number of aryl methyl sites for hydroxylation is 2. The Morgan fingerprint density at radius 2 is 1.49 bits per heavy atom. The molecule has 3 rings (SSSR count). The summed E-state index contributed by atoms with van der Waals surface area (Å²) in [6.07, 6.45) is 0.952. The first-order chi connectivity index (χ1) is 16.3. The summed E-state index contributed by atoms with van der Waals surface area (Å²) in [7, 11) is -7.69. The number of sulfonamides is 2. The molecule has 0 heterocycles. The number of carbonyl (C=O) groups is 1. The highest BCUT2D eigenvalue weighted by Crippen LogP contribution is 2.30. The lowest BCUT2D eigenvalue weighted by Gasteiger charge is -2.23. The molecule has 3 aromatic rings. The molecular weight excluding hydrogens is 533 g/mol. The van der Waals surface area contributed by atoms with Crippen LogP contribution in [0.4, 0.5) is 17.1 Å². The van der Waals surface area contributed by atoms with E-state index in [1.54, 1.807) is 12.1 Å². The molecule has 3 aromatic carbocycles. The van der Waals surface area contributed by atoms with Crippen LogP contribution in [0.3, 0.4) is 0 Å². The molecule has 0 saturated carbocycles. The molecule has 35 heavy (non-hydrogen) atoms. The van der Waals surface area contributed by atoms with Crippen molar-refractivity contribution in [2.75, 3.05) is 27.1 Å². The lowest BCUT2D eigenvalue weighted by atomic mass is 10.1. The van der Waals surface area contributed by atoms with Gasteiger partial charge in [-0.05, 0) is 79.6 Å². The van der Waals surface area contributed by atoms with Gasteiger partial charge in [0.2, 0.25) is 15.9 Å². The normalized spacial score (nSPS) is 11.7. The van der Waals surface area contributed by atoms with E-state index < -0.39 is 32.5 Å². The Morgan fingerprint density at radius 1 is 0.857 bits per heavy atom. The van der Waals surface area contributed by atoms with Gasteiger partial charge in [0.05, 0.1) is 21.9 Å². The van der Waals surface area contributed by atoms with Crippen molar-refractivity contribution in [2.24, 2.45) is 0 Å². The van der Waals surface area contributed by atoms with Gasteiger partial charge in [-0.25, -0.2) is 16.8 Å². The number of hydrogen-bond acceptors (Lipinski definition) is 5. The molecule has 8 nitrogen and oxygen atoms in total. The van der Waals surface area contributed by atoms with Crippen LogP contribution in [0.5, 0.6) is 0 Å². The first-order valence-corrected chi connectivity index (χ1v) is 14.3. The number of anilines is 3. The highest BCUT2D eigenvalue weighted by Gasteiger charge is 2.23. The van der Waals surface area contributed by atoms with Crippen LogP contribution in [0.2, 0.25) is 10.0 Å². The number of benzene rings is 3. The van der Waals surface area contributed by atoms with E-state index in [9.17, 15) is 21.6 Å². The first kappa shape index (κ1) is 26.8. The van der Waals surface area contributed by atoms with Gasteiger partial charge in [0.25, 0.3) is 10.0 Å². The van der Waals surface area contributed by atoms with E-state index in [4.69, 9.17) is 23.2 Å². The number of nitrogens with one attached hydrogen (secondary N) is 2. The maximum absolute atomic E-state index is 12.7. The van der Waals surface area contributed by atoms with Crippen LogP contribution in [-0.4, -0.2) is 35.5 Å². The maximum atomic E-state index is 12.7. The third-order valence-corrected chi connectivity index (χ3v) is 8.13. The molecule has 0 aliphatic carbocycles. The van der Waals surface area contributed by atoms with Crippen LogP contribution >= 0.6 is 23.2 Å². The first-order valence-electron chi connectivity index (χ1n) is 10.2. The molecule has 0 radical (unpaired) electrons. The Morgan fingerprint density at radius 3 is 2.06 bits per heavy atom. The quantitative estimate of drug-likeness (QED) is 0.413. The topological polar surface area (TPSA) is 113 Å². The van der Waals surface area contributed by atoms with Crippen molar-refractivity contribution in [1.82, 2.24) is 0 Å². The smallest absolute Gasteiger partial charge is 0.261 e. The van der Waals surface area contributed by atoms with E-state index in [-0.39, 0.29) is 21.3 Å². The second-order valence-corrected chi connectivity index (χ2v) is 12.3. The molecule has 0 aliphatic heterocycles. The molecular formula is C23H23Cl2N3O5S2. The predicted octanol–water partition coefficient (Wildman–Crippen LogP) is 4.82. The molecule has 0 spiro atoms. The largest absolute Gasteiger partial charge is 0.325 e. The van der Waals surface area contributed by atoms with Gasteiger partial charge in [-0.3, -0.25) is 13.8 Å². The molecule has 0 bridgehead atoms. The van der Waals surface area contributed by atoms with Gasteiger partial charge in [-0.15, -0.1) is 0 Å². The van der Waals surface area contributed by atoms with Crippen molar-refractivity contribution < 1.29 is 21.6 Å². The molecule has 1 amide bonds. The van der Waals surface area contributed by atoms with Crippen molar-refractivity contribution in [1.29, 1.82) is 0 Å². The van der Waals surface area contributed by atoms with Crippen molar-refractivity contribution in [3.05, 3.63) is 81.8 Å². The molecule has 2 N–H and O–H groups in total. The average molecular weight is 556 g/mol. The van der Waals surface area contributed by atoms with Crippen LogP contribution < -0.4 is 14.3 Å². The van der Waals surface area contributed by atoms with Crippen LogP contribution in [0.25, 0.3) is 0 Å². The Bertz CT molecular complexity index is 1480. The Balaban J connectivity index is 1.73. The Hall–Kier alpha value is -2.79. The fraction of sp³-hybridized carbons (Fsp3) is 0.174. The summed E-state index contributed by atoms with van der Waals surface area (Å²) in [6, 6.07) is 15.0. The minimum absolute atomic E-state index is 0.000523. The molecule has 186 valence electrons. The second-order valence-electron chi connectivity index (χ2n) is 7.84. The molecule has 0 unspecified atom stereocenters. The standard InChI is InChI=1S/C23H23Cl2N3O5S2/c1-15-4-6-19(12-16(15)2)27-35(32,33)20-9-7-18(8-10-20)26-23(29)14-28(34(3,30)31)22-11-5-17(24)13-21(22)25/h4-13,27H,14H2,1-3H3,(H,26,29). The summed E-state index contributed by atoms with van der Waals surface area (Å²) in [5.41, 5.74) is 2.82. The number of rotatable bonds is 8. The Labute approximate surface area is 215 Å². The summed E-state index contributed by atoms with van der Waals surface area (Å²) in [4.78, 5) is 12.6. The van der Waals surface area contributed by atoms with E-state index in [2.05, 4.69) is 10.0 Å². The number of carbonyl (C=O) groups excluding carboxylic acids is 1. The van der Waals surface area contributed by atoms with Crippen molar-refractivity contribution in [2.45, 2.75) is 18.7 Å². The summed E-state index contributed by atoms with van der Waals surface area (Å²) < 4.78 is 53.4. The third-order valence-electron chi connectivity index (χ3n) is 5.07. The lowest BCUT2D eigenvalue weighted by Crippen LogP contribution is -2.37. The fourth-order valence-corrected chi connectivity index (χ4v) is 5.61. The molecule has 0 aromatic heterocycles. The third kappa shape index (κ3) is 6.88. The monoisotopic (exact) mass is 555 g/mol. The van der Waals surface area contributed by atoms with E-state index >= 15 is 0 Å². The van der Waals surface area contributed by atoms with Crippen LogP contribution in [0.1, 0.15) is 11.1 Å². The van der Waals surface area contributed by atoms with Gasteiger partial charge < -0.3 is 5.32 Å². The van der Waals surface area contributed by atoms with Gasteiger partial charge >= 0.3 is 0 Å². The van der Waals surface area contributed by atoms with Gasteiger partial charge in [0.1, 0.15) is 6.54 Å². The van der Waals surface area contributed by atoms with E-state index in [1.165, 1.54) is 42.5 Å². The molecule has 0 saturated heterocycles. The number of nitrogens with zero attached hydrogens (tertiary/aromatic N) is 1. The highest BCUT2D eigenvalue weighted by molar-refractivity contribution is 7.92. The van der Waals surface area contributed by atoms with Gasteiger partial charge in [0.15, 0.2) is 0 Å². The number of halogens is 2. The minimum atomic E-state index is -3.85. The van der Waals surface area contributed by atoms with E-state index in [0.29, 0.717) is 10.7 Å². The van der Waals surface area contributed by atoms with Gasteiger partial charge in [-0.1, -0.05) is 29.3 Å². The zero-order valence-electron chi connectivity index (χ0n) is 19.0. The van der Waals surface area contributed by atoms with Gasteiger partial charge in [-0.2, -0.15) is 0 Å². The number of hydrogen-bond donors (Lipinski definition) is 2. The van der Waals surface area contributed by atoms with Crippen molar-refractivity contribution in [3.8, 4) is 0 Å². The lowest BCUT2D eigenvalue weighted by molar-refractivity contribution is -0.114. The molecule has 12 heteroatoms. The maximum Gasteiger partial charge on any atom is 0.261 e.